The highest BCUT2D eigenvalue weighted by Gasteiger charge is 2.23. The van der Waals surface area contributed by atoms with Gasteiger partial charge in [0.2, 0.25) is 0 Å². The average Bonchev–Trinajstić information content (AvgIpc) is 2.66. The molecule has 1 aromatic heterocycles. The Hall–Kier alpha value is -1.91. The van der Waals surface area contributed by atoms with Gasteiger partial charge < -0.3 is 5.11 Å². The zero-order valence-corrected chi connectivity index (χ0v) is 8.72. The lowest BCUT2D eigenvalue weighted by Crippen LogP contribution is -2.16. The Labute approximate surface area is 91.3 Å². The number of carboxylic acid groups (broad SMARTS) is 1. The molecule has 0 saturated carbocycles. The summed E-state index contributed by atoms with van der Waals surface area (Å²) in [6.07, 6.45) is -1.59. The first kappa shape index (κ1) is 10.6. The van der Waals surface area contributed by atoms with Crippen molar-refractivity contribution < 1.29 is 14.3 Å². The Morgan fingerprint density at radius 2 is 2.25 bits per heavy atom. The minimum atomic E-state index is -2.08. The number of imidazole rings is 1. The second kappa shape index (κ2) is 3.92. The molecule has 16 heavy (non-hydrogen) atoms. The lowest BCUT2D eigenvalue weighted by atomic mass is 10.3. The van der Waals surface area contributed by atoms with Gasteiger partial charge in [0.1, 0.15) is 5.82 Å². The van der Waals surface area contributed by atoms with Crippen LogP contribution in [0.15, 0.2) is 24.3 Å². The van der Waals surface area contributed by atoms with Gasteiger partial charge in [-0.3, -0.25) is 4.57 Å². The molecule has 1 heterocycles. The van der Waals surface area contributed by atoms with E-state index in [0.717, 1.165) is 4.57 Å². The molecule has 1 N–H and O–H groups in total. The van der Waals surface area contributed by atoms with Crippen LogP contribution in [0.4, 0.5) is 4.39 Å². The molecule has 2 rings (SSSR count). The number of fused-ring (bicyclic) bond motifs is 1. The molecule has 4 nitrogen and oxygen atoms in total. The van der Waals surface area contributed by atoms with Gasteiger partial charge in [-0.15, -0.1) is 0 Å². The van der Waals surface area contributed by atoms with Crippen molar-refractivity contribution in [2.75, 3.05) is 0 Å². The first-order valence-electron chi connectivity index (χ1n) is 4.98. The van der Waals surface area contributed by atoms with Crippen LogP contribution in [0.5, 0.6) is 0 Å². The van der Waals surface area contributed by atoms with Crippen molar-refractivity contribution in [2.24, 2.45) is 0 Å². The molecular weight excluding hydrogens is 211 g/mol. The summed E-state index contributed by atoms with van der Waals surface area (Å²) in [5, 5.41) is 8.71. The van der Waals surface area contributed by atoms with E-state index < -0.39 is 12.3 Å². The monoisotopic (exact) mass is 222 g/mol. The van der Waals surface area contributed by atoms with E-state index in [4.69, 9.17) is 5.11 Å². The van der Waals surface area contributed by atoms with E-state index in [9.17, 15) is 9.18 Å². The molecule has 1 atom stereocenters. The van der Waals surface area contributed by atoms with Gasteiger partial charge in [-0.2, -0.15) is 0 Å². The van der Waals surface area contributed by atoms with Crippen molar-refractivity contribution in [1.29, 1.82) is 0 Å². The quantitative estimate of drug-likeness (QED) is 0.865. The maximum atomic E-state index is 13.6. The third kappa shape index (κ3) is 1.54. The number of aromatic nitrogens is 2. The molecule has 0 spiro atoms. The van der Waals surface area contributed by atoms with Crippen molar-refractivity contribution >= 4 is 17.0 Å². The topological polar surface area (TPSA) is 55.1 Å². The zero-order valence-electron chi connectivity index (χ0n) is 8.72. The highest BCUT2D eigenvalue weighted by molar-refractivity contribution is 5.79. The SMILES string of the molecule is CCc1nc2ccccc2n1C(F)C(=O)O. The molecule has 0 aliphatic heterocycles. The molecule has 0 saturated heterocycles. The van der Waals surface area contributed by atoms with Gasteiger partial charge in [0.15, 0.2) is 0 Å². The van der Waals surface area contributed by atoms with Gasteiger partial charge in [0.25, 0.3) is 6.30 Å². The minimum absolute atomic E-state index is 0.441. The summed E-state index contributed by atoms with van der Waals surface area (Å²) < 4.78 is 14.7. The van der Waals surface area contributed by atoms with Crippen molar-refractivity contribution in [3.8, 4) is 0 Å². The van der Waals surface area contributed by atoms with Gasteiger partial charge >= 0.3 is 5.97 Å². The van der Waals surface area contributed by atoms with E-state index in [-0.39, 0.29) is 0 Å². The number of aliphatic carboxylic acids is 1. The van der Waals surface area contributed by atoms with E-state index in [1.807, 2.05) is 6.92 Å². The van der Waals surface area contributed by atoms with Crippen LogP contribution in [0.1, 0.15) is 19.0 Å². The molecule has 0 aliphatic carbocycles. The molecule has 0 amide bonds. The summed E-state index contributed by atoms with van der Waals surface area (Å²) in [7, 11) is 0. The smallest absolute Gasteiger partial charge is 0.359 e. The lowest BCUT2D eigenvalue weighted by molar-refractivity contribution is -0.146. The van der Waals surface area contributed by atoms with E-state index in [1.54, 1.807) is 24.3 Å². The van der Waals surface area contributed by atoms with Crippen LogP contribution >= 0.6 is 0 Å². The van der Waals surface area contributed by atoms with Crippen molar-refractivity contribution in [3.63, 3.8) is 0 Å². The number of halogens is 1. The fourth-order valence-corrected chi connectivity index (χ4v) is 1.71. The number of benzene rings is 1. The molecule has 0 aliphatic rings. The second-order valence-electron chi connectivity index (χ2n) is 3.41. The van der Waals surface area contributed by atoms with Crippen LogP contribution in [0, 0.1) is 0 Å². The Balaban J connectivity index is 2.69. The maximum Gasteiger partial charge on any atom is 0.359 e. The van der Waals surface area contributed by atoms with Gasteiger partial charge in [0.05, 0.1) is 11.0 Å². The number of rotatable bonds is 3. The number of carbonyl (C=O) groups is 1. The van der Waals surface area contributed by atoms with Crippen molar-refractivity contribution in [3.05, 3.63) is 30.1 Å². The van der Waals surface area contributed by atoms with Crippen molar-refractivity contribution in [2.45, 2.75) is 19.6 Å². The molecule has 2 aromatic rings. The Bertz CT molecular complexity index is 536. The first-order valence-corrected chi connectivity index (χ1v) is 4.98. The molecule has 1 aromatic carbocycles. The number of aryl methyl sites for hydroxylation is 1. The molecule has 0 radical (unpaired) electrons. The lowest BCUT2D eigenvalue weighted by Gasteiger charge is -2.09. The first-order chi connectivity index (χ1) is 7.65. The number of hydrogen-bond acceptors (Lipinski definition) is 2. The van der Waals surface area contributed by atoms with Gasteiger partial charge in [-0.05, 0) is 12.1 Å². The Kier molecular flexibility index (Phi) is 2.60. The van der Waals surface area contributed by atoms with E-state index in [2.05, 4.69) is 4.98 Å². The summed E-state index contributed by atoms with van der Waals surface area (Å²) in [5.74, 6) is -1.06. The predicted octanol–water partition coefficient (Wildman–Crippen LogP) is 2.15. The van der Waals surface area contributed by atoms with Crippen LogP contribution in [-0.2, 0) is 11.2 Å². The number of nitrogens with zero attached hydrogens (tertiary/aromatic N) is 2. The van der Waals surface area contributed by atoms with Crippen LogP contribution in [-0.4, -0.2) is 20.6 Å². The summed E-state index contributed by atoms with van der Waals surface area (Å²) >= 11 is 0. The van der Waals surface area contributed by atoms with Gasteiger partial charge in [-0.1, -0.05) is 19.1 Å². The third-order valence-corrected chi connectivity index (χ3v) is 2.42. The summed E-state index contributed by atoms with van der Waals surface area (Å²) in [6.45, 7) is 1.81. The largest absolute Gasteiger partial charge is 0.478 e. The summed E-state index contributed by atoms with van der Waals surface area (Å²) in [6, 6.07) is 6.91. The van der Waals surface area contributed by atoms with Crippen LogP contribution < -0.4 is 0 Å². The summed E-state index contributed by atoms with van der Waals surface area (Å²) in [5.41, 5.74) is 1.12. The highest BCUT2D eigenvalue weighted by atomic mass is 19.1. The zero-order chi connectivity index (χ0) is 11.7. The molecule has 84 valence electrons. The molecular formula is C11H11FN2O2. The number of carboxylic acids is 1. The maximum absolute atomic E-state index is 13.6. The minimum Gasteiger partial charge on any atom is -0.478 e. The normalized spacial score (nSPS) is 12.9. The van der Waals surface area contributed by atoms with Crippen LogP contribution in [0.2, 0.25) is 0 Å². The predicted molar refractivity (Wildman–Crippen MR) is 56.9 cm³/mol. The highest BCUT2D eigenvalue weighted by Crippen LogP contribution is 2.22. The second-order valence-corrected chi connectivity index (χ2v) is 3.41. The number of alkyl halides is 1. The molecule has 1 unspecified atom stereocenters. The Morgan fingerprint density at radius 3 is 2.88 bits per heavy atom. The van der Waals surface area contributed by atoms with Crippen molar-refractivity contribution in [1.82, 2.24) is 9.55 Å². The van der Waals surface area contributed by atoms with Gasteiger partial charge in [0, 0.05) is 6.42 Å². The number of para-hydroxylation sites is 2. The standard InChI is InChI=1S/C11H11FN2O2/c1-2-9-13-7-5-3-4-6-8(7)14(9)10(12)11(15)16/h3-6,10H,2H2,1H3,(H,15,16). The van der Waals surface area contributed by atoms with E-state index in [1.165, 1.54) is 0 Å². The Morgan fingerprint density at radius 1 is 1.56 bits per heavy atom. The van der Waals surface area contributed by atoms with Crippen LogP contribution in [0.25, 0.3) is 11.0 Å². The van der Waals surface area contributed by atoms with E-state index in [0.29, 0.717) is 23.3 Å². The summed E-state index contributed by atoms with van der Waals surface area (Å²) in [4.78, 5) is 14.9. The molecule has 0 bridgehead atoms. The fourth-order valence-electron chi connectivity index (χ4n) is 1.71. The van der Waals surface area contributed by atoms with E-state index >= 15 is 0 Å². The third-order valence-electron chi connectivity index (χ3n) is 2.42. The molecule has 0 fully saturated rings. The molecule has 5 heteroatoms. The number of hydrogen-bond donors (Lipinski definition) is 1. The van der Waals surface area contributed by atoms with Crippen LogP contribution in [0.3, 0.4) is 0 Å². The average molecular weight is 222 g/mol. The van der Waals surface area contributed by atoms with Gasteiger partial charge in [-0.25, -0.2) is 14.2 Å². The fraction of sp³-hybridized carbons (Fsp3) is 0.273.